The first kappa shape index (κ1) is 24.3. The molecule has 0 spiro atoms. The molecular formula is C25H37N7O2. The van der Waals surface area contributed by atoms with Crippen molar-refractivity contribution in [1.29, 1.82) is 0 Å². The molecule has 0 radical (unpaired) electrons. The van der Waals surface area contributed by atoms with Gasteiger partial charge in [-0.25, -0.2) is 4.98 Å². The van der Waals surface area contributed by atoms with Gasteiger partial charge in [-0.3, -0.25) is 4.90 Å². The van der Waals surface area contributed by atoms with E-state index in [2.05, 4.69) is 55.2 Å². The number of piperazine rings is 1. The maximum atomic E-state index is 9.88. The van der Waals surface area contributed by atoms with Crippen LogP contribution in [0.3, 0.4) is 0 Å². The number of aromatic nitrogens is 3. The molecule has 184 valence electrons. The molecule has 9 heteroatoms. The smallest absolute Gasteiger partial charge is 0.222 e. The number of rotatable bonds is 11. The number of methoxy groups -OCH3 is 1. The van der Waals surface area contributed by atoms with Crippen LogP contribution in [0.5, 0.6) is 5.75 Å². The Bertz CT molecular complexity index is 1080. The SMILES string of the molecule is CCCCC(CO)Nc1nc(N)nc2ccn(Cc3cc(CN4CCNCC4)ccc3OC)c12. The molecule has 1 aliphatic heterocycles. The summed E-state index contributed by atoms with van der Waals surface area (Å²) in [6.07, 6.45) is 4.97. The zero-order valence-corrected chi connectivity index (χ0v) is 20.3. The van der Waals surface area contributed by atoms with Gasteiger partial charge in [-0.15, -0.1) is 0 Å². The summed E-state index contributed by atoms with van der Waals surface area (Å²) in [5, 5.41) is 16.7. The van der Waals surface area contributed by atoms with Crippen LogP contribution in [0.4, 0.5) is 11.8 Å². The Balaban J connectivity index is 1.63. The fraction of sp³-hybridized carbons (Fsp3) is 0.520. The molecule has 1 saturated heterocycles. The van der Waals surface area contributed by atoms with Gasteiger partial charge in [0.15, 0.2) is 5.82 Å². The number of hydrogen-bond donors (Lipinski definition) is 4. The largest absolute Gasteiger partial charge is 0.496 e. The molecule has 34 heavy (non-hydrogen) atoms. The van der Waals surface area contributed by atoms with Crippen LogP contribution in [-0.2, 0) is 13.1 Å². The van der Waals surface area contributed by atoms with E-state index in [4.69, 9.17) is 10.5 Å². The van der Waals surface area contributed by atoms with E-state index in [1.54, 1.807) is 7.11 Å². The van der Waals surface area contributed by atoms with Gasteiger partial charge in [0, 0.05) is 44.5 Å². The van der Waals surface area contributed by atoms with E-state index in [0.29, 0.717) is 12.4 Å². The van der Waals surface area contributed by atoms with Crippen LogP contribution in [0.25, 0.3) is 11.0 Å². The molecule has 4 rings (SSSR count). The summed E-state index contributed by atoms with van der Waals surface area (Å²) in [7, 11) is 1.71. The van der Waals surface area contributed by atoms with Crippen molar-refractivity contribution in [1.82, 2.24) is 24.8 Å². The first-order chi connectivity index (χ1) is 16.6. The minimum Gasteiger partial charge on any atom is -0.496 e. The van der Waals surface area contributed by atoms with E-state index >= 15 is 0 Å². The van der Waals surface area contributed by atoms with Crippen molar-refractivity contribution in [2.24, 2.45) is 0 Å². The molecule has 0 amide bonds. The lowest BCUT2D eigenvalue weighted by Gasteiger charge is -2.27. The van der Waals surface area contributed by atoms with Gasteiger partial charge >= 0.3 is 0 Å². The molecule has 3 aromatic rings. The lowest BCUT2D eigenvalue weighted by molar-refractivity contribution is 0.233. The van der Waals surface area contributed by atoms with Crippen LogP contribution in [0.15, 0.2) is 30.5 Å². The normalized spacial score (nSPS) is 15.5. The number of ether oxygens (including phenoxy) is 1. The van der Waals surface area contributed by atoms with E-state index in [9.17, 15) is 5.11 Å². The fourth-order valence-electron chi connectivity index (χ4n) is 4.57. The van der Waals surface area contributed by atoms with E-state index < -0.39 is 0 Å². The van der Waals surface area contributed by atoms with Gasteiger partial charge in [0.05, 0.1) is 31.8 Å². The minimum atomic E-state index is -0.0855. The molecule has 0 saturated carbocycles. The van der Waals surface area contributed by atoms with Crippen molar-refractivity contribution < 1.29 is 9.84 Å². The van der Waals surface area contributed by atoms with Crippen molar-refractivity contribution in [3.8, 4) is 5.75 Å². The van der Waals surface area contributed by atoms with E-state index in [-0.39, 0.29) is 18.6 Å². The zero-order valence-electron chi connectivity index (χ0n) is 20.3. The highest BCUT2D eigenvalue weighted by molar-refractivity contribution is 5.87. The predicted molar refractivity (Wildman–Crippen MR) is 136 cm³/mol. The Morgan fingerprint density at radius 2 is 2.03 bits per heavy atom. The van der Waals surface area contributed by atoms with Gasteiger partial charge in [-0.05, 0) is 30.2 Å². The molecule has 2 aromatic heterocycles. The van der Waals surface area contributed by atoms with Crippen molar-refractivity contribution in [2.75, 3.05) is 50.9 Å². The number of nitrogens with one attached hydrogen (secondary N) is 2. The molecule has 0 bridgehead atoms. The number of aliphatic hydroxyl groups excluding tert-OH is 1. The van der Waals surface area contributed by atoms with Crippen molar-refractivity contribution in [3.63, 3.8) is 0 Å². The van der Waals surface area contributed by atoms with Gasteiger partial charge in [0.25, 0.3) is 0 Å². The van der Waals surface area contributed by atoms with Gasteiger partial charge in [0.2, 0.25) is 5.95 Å². The highest BCUT2D eigenvalue weighted by atomic mass is 16.5. The molecule has 0 aliphatic carbocycles. The molecule has 1 atom stereocenters. The van der Waals surface area contributed by atoms with Gasteiger partial charge in [-0.2, -0.15) is 4.98 Å². The standard InChI is InChI=1S/C25H37N7O2/c1-3-4-5-20(17-33)28-24-23-21(29-25(26)30-24)8-11-32(23)16-19-14-18(6-7-22(19)34-2)15-31-12-9-27-10-13-31/h6-8,11,14,20,27,33H,3-5,9-10,12-13,15-17H2,1-2H3,(H3,26,28,29,30). The average Bonchev–Trinajstić information content (AvgIpc) is 3.25. The molecule has 5 N–H and O–H groups in total. The van der Waals surface area contributed by atoms with Crippen LogP contribution in [0.1, 0.15) is 37.3 Å². The Morgan fingerprint density at radius 3 is 2.76 bits per heavy atom. The molecule has 1 fully saturated rings. The Morgan fingerprint density at radius 1 is 1.21 bits per heavy atom. The number of fused-ring (bicyclic) bond motifs is 1. The topological polar surface area (TPSA) is 113 Å². The van der Waals surface area contributed by atoms with Crippen LogP contribution in [-0.4, -0.2) is 70.5 Å². The van der Waals surface area contributed by atoms with E-state index in [1.165, 1.54) is 5.56 Å². The summed E-state index contributed by atoms with van der Waals surface area (Å²) in [6, 6.07) is 8.30. The first-order valence-electron chi connectivity index (χ1n) is 12.2. The number of hydrogen-bond acceptors (Lipinski definition) is 8. The van der Waals surface area contributed by atoms with E-state index in [0.717, 1.165) is 74.3 Å². The summed E-state index contributed by atoms with van der Waals surface area (Å²) in [5.41, 5.74) is 10.0. The predicted octanol–water partition coefficient (Wildman–Crippen LogP) is 2.44. The van der Waals surface area contributed by atoms with Crippen LogP contribution in [0, 0.1) is 0 Å². The number of unbranched alkanes of at least 4 members (excludes halogenated alkanes) is 1. The monoisotopic (exact) mass is 467 g/mol. The summed E-state index contributed by atoms with van der Waals surface area (Å²) in [5.74, 6) is 1.72. The lowest BCUT2D eigenvalue weighted by Crippen LogP contribution is -2.42. The second kappa shape index (κ2) is 11.5. The number of nitrogen functional groups attached to an aromatic ring is 1. The van der Waals surface area contributed by atoms with Gasteiger partial charge in [-0.1, -0.05) is 25.8 Å². The van der Waals surface area contributed by atoms with Gasteiger partial charge < -0.3 is 30.8 Å². The molecule has 9 nitrogen and oxygen atoms in total. The maximum absolute atomic E-state index is 9.88. The quantitative estimate of drug-likeness (QED) is 0.340. The molecular weight excluding hydrogens is 430 g/mol. The summed E-state index contributed by atoms with van der Waals surface area (Å²) in [4.78, 5) is 11.4. The first-order valence-corrected chi connectivity index (χ1v) is 12.2. The number of benzene rings is 1. The summed E-state index contributed by atoms with van der Waals surface area (Å²) in [6.45, 7) is 7.89. The third kappa shape index (κ3) is 5.78. The number of nitrogens with two attached hydrogens (primary N) is 1. The highest BCUT2D eigenvalue weighted by Gasteiger charge is 2.17. The Hall–Kier alpha value is -2.88. The highest BCUT2D eigenvalue weighted by Crippen LogP contribution is 2.28. The van der Waals surface area contributed by atoms with Crippen molar-refractivity contribution >= 4 is 22.8 Å². The number of nitrogens with zero attached hydrogens (tertiary/aromatic N) is 4. The minimum absolute atomic E-state index is 0.0357. The Labute approximate surface area is 201 Å². The van der Waals surface area contributed by atoms with Crippen LogP contribution >= 0.6 is 0 Å². The summed E-state index contributed by atoms with van der Waals surface area (Å²) < 4.78 is 7.81. The third-order valence-corrected chi connectivity index (χ3v) is 6.40. The Kier molecular flexibility index (Phi) is 8.21. The van der Waals surface area contributed by atoms with Crippen LogP contribution < -0.4 is 21.1 Å². The second-order valence-electron chi connectivity index (χ2n) is 8.95. The number of aliphatic hydroxyl groups is 1. The fourth-order valence-corrected chi connectivity index (χ4v) is 4.57. The number of anilines is 2. The average molecular weight is 468 g/mol. The van der Waals surface area contributed by atoms with Crippen molar-refractivity contribution in [2.45, 2.75) is 45.3 Å². The molecule has 3 heterocycles. The second-order valence-corrected chi connectivity index (χ2v) is 8.95. The maximum Gasteiger partial charge on any atom is 0.222 e. The summed E-state index contributed by atoms with van der Waals surface area (Å²) >= 11 is 0. The van der Waals surface area contributed by atoms with Gasteiger partial charge in [0.1, 0.15) is 11.3 Å². The lowest BCUT2D eigenvalue weighted by atomic mass is 10.1. The third-order valence-electron chi connectivity index (χ3n) is 6.40. The van der Waals surface area contributed by atoms with Crippen molar-refractivity contribution in [3.05, 3.63) is 41.6 Å². The molecule has 1 aliphatic rings. The van der Waals surface area contributed by atoms with E-state index in [1.807, 2.05) is 12.3 Å². The molecule has 1 aromatic carbocycles. The molecule has 1 unspecified atom stereocenters. The zero-order chi connectivity index (χ0) is 23.9. The van der Waals surface area contributed by atoms with Crippen LogP contribution in [0.2, 0.25) is 0 Å².